The second kappa shape index (κ2) is 14.2. The third-order valence-corrected chi connectivity index (χ3v) is 5.51. The number of rotatable bonds is 9. The van der Waals surface area contributed by atoms with Crippen LogP contribution in [0.1, 0.15) is 51.2 Å². The number of piperidine rings is 1. The number of amides is 1. The number of hydrogen-bond donors (Lipinski definition) is 2. The Morgan fingerprint density at radius 3 is 2.22 bits per heavy atom. The number of carbonyl (C=O) groups is 1. The van der Waals surface area contributed by atoms with Crippen molar-refractivity contribution in [1.29, 1.82) is 0 Å². The van der Waals surface area contributed by atoms with Crippen LogP contribution in [0.15, 0.2) is 24.3 Å². The Morgan fingerprint density at radius 2 is 1.67 bits per heavy atom. The molecule has 0 spiro atoms. The van der Waals surface area contributed by atoms with E-state index in [1.807, 2.05) is 0 Å². The highest BCUT2D eigenvalue weighted by molar-refractivity contribution is 5.85. The molecule has 2 N–H and O–H groups in total. The summed E-state index contributed by atoms with van der Waals surface area (Å²) in [5.74, 6) is 1.34. The van der Waals surface area contributed by atoms with Gasteiger partial charge in [0.15, 0.2) is 0 Å². The van der Waals surface area contributed by atoms with Crippen molar-refractivity contribution < 1.29 is 4.79 Å². The molecule has 1 atom stereocenters. The first-order valence-electron chi connectivity index (χ1n) is 9.90. The highest BCUT2D eigenvalue weighted by atomic mass is 35.5. The van der Waals surface area contributed by atoms with E-state index in [9.17, 15) is 4.79 Å². The van der Waals surface area contributed by atoms with Crippen LogP contribution in [0, 0.1) is 11.8 Å². The van der Waals surface area contributed by atoms with Crippen molar-refractivity contribution in [3.63, 3.8) is 0 Å². The summed E-state index contributed by atoms with van der Waals surface area (Å²) in [5, 5.41) is 6.48. The van der Waals surface area contributed by atoms with Crippen LogP contribution in [-0.2, 0) is 17.9 Å². The first kappa shape index (κ1) is 26.2. The molecule has 0 aromatic heterocycles. The van der Waals surface area contributed by atoms with E-state index in [0.717, 1.165) is 32.7 Å². The van der Waals surface area contributed by atoms with Crippen LogP contribution < -0.4 is 10.6 Å². The van der Waals surface area contributed by atoms with Gasteiger partial charge in [-0.05, 0) is 62.0 Å². The summed E-state index contributed by atoms with van der Waals surface area (Å²) >= 11 is 0. The van der Waals surface area contributed by atoms with Crippen molar-refractivity contribution >= 4 is 30.7 Å². The van der Waals surface area contributed by atoms with E-state index >= 15 is 0 Å². The topological polar surface area (TPSA) is 44.4 Å². The third-order valence-electron chi connectivity index (χ3n) is 5.51. The van der Waals surface area contributed by atoms with Gasteiger partial charge in [0.2, 0.25) is 5.91 Å². The summed E-state index contributed by atoms with van der Waals surface area (Å²) in [6.45, 7) is 12.6. The van der Waals surface area contributed by atoms with E-state index in [1.54, 1.807) is 0 Å². The van der Waals surface area contributed by atoms with Gasteiger partial charge in [-0.15, -0.1) is 24.8 Å². The standard InChI is InChI=1S/C21H35N3O.2ClH/c1-4-24(5-2)16-19-8-6-18(7-9-19)15-23-21(25)14-17(3)20-10-12-22-13-11-20;;/h6-9,17,20,22H,4-5,10-16H2,1-3H3,(H,23,25);2*1H. The first-order valence-corrected chi connectivity index (χ1v) is 9.90. The molecule has 1 amide bonds. The summed E-state index contributed by atoms with van der Waals surface area (Å²) in [5.41, 5.74) is 2.50. The van der Waals surface area contributed by atoms with Crippen LogP contribution in [0.25, 0.3) is 0 Å². The zero-order valence-electron chi connectivity index (χ0n) is 17.0. The monoisotopic (exact) mass is 417 g/mol. The van der Waals surface area contributed by atoms with Crippen LogP contribution in [-0.4, -0.2) is 37.0 Å². The largest absolute Gasteiger partial charge is 0.352 e. The Labute approximate surface area is 177 Å². The van der Waals surface area contributed by atoms with Crippen LogP contribution in [0.3, 0.4) is 0 Å². The molecule has 0 bridgehead atoms. The number of nitrogens with zero attached hydrogens (tertiary/aromatic N) is 1. The summed E-state index contributed by atoms with van der Waals surface area (Å²) in [6.07, 6.45) is 3.04. The van der Waals surface area contributed by atoms with Gasteiger partial charge in [0.1, 0.15) is 0 Å². The van der Waals surface area contributed by atoms with Gasteiger partial charge in [0.25, 0.3) is 0 Å². The van der Waals surface area contributed by atoms with Crippen molar-refractivity contribution in [2.75, 3.05) is 26.2 Å². The molecule has 1 aromatic rings. The Kier molecular flexibility index (Phi) is 13.8. The summed E-state index contributed by atoms with van der Waals surface area (Å²) < 4.78 is 0. The van der Waals surface area contributed by atoms with E-state index < -0.39 is 0 Å². The predicted molar refractivity (Wildman–Crippen MR) is 119 cm³/mol. The zero-order chi connectivity index (χ0) is 18.1. The van der Waals surface area contributed by atoms with Crippen LogP contribution in [0.5, 0.6) is 0 Å². The van der Waals surface area contributed by atoms with Gasteiger partial charge in [-0.2, -0.15) is 0 Å². The summed E-state index contributed by atoms with van der Waals surface area (Å²) in [4.78, 5) is 14.6. The molecule has 0 radical (unpaired) electrons. The Morgan fingerprint density at radius 1 is 1.11 bits per heavy atom. The molecule has 1 unspecified atom stereocenters. The molecule has 1 aliphatic heterocycles. The molecular weight excluding hydrogens is 381 g/mol. The maximum Gasteiger partial charge on any atom is 0.220 e. The fourth-order valence-corrected chi connectivity index (χ4v) is 3.61. The van der Waals surface area contributed by atoms with Gasteiger partial charge in [-0.1, -0.05) is 45.0 Å². The second-order valence-electron chi connectivity index (χ2n) is 7.32. The van der Waals surface area contributed by atoms with Crippen LogP contribution in [0.2, 0.25) is 0 Å². The lowest BCUT2D eigenvalue weighted by Crippen LogP contribution is -2.33. The highest BCUT2D eigenvalue weighted by Gasteiger charge is 2.21. The molecule has 27 heavy (non-hydrogen) atoms. The Balaban J connectivity index is 0.00000338. The fourth-order valence-electron chi connectivity index (χ4n) is 3.61. The molecule has 1 fully saturated rings. The van der Waals surface area contributed by atoms with E-state index in [1.165, 1.54) is 24.0 Å². The van der Waals surface area contributed by atoms with E-state index in [4.69, 9.17) is 0 Å². The number of benzene rings is 1. The fraction of sp³-hybridized carbons (Fsp3) is 0.667. The van der Waals surface area contributed by atoms with Gasteiger partial charge in [0, 0.05) is 19.5 Å². The maximum absolute atomic E-state index is 12.2. The molecule has 1 saturated heterocycles. The van der Waals surface area contributed by atoms with Crippen molar-refractivity contribution in [3.05, 3.63) is 35.4 Å². The molecule has 4 nitrogen and oxygen atoms in total. The SMILES string of the molecule is CCN(CC)Cc1ccc(CNC(=O)CC(C)C2CCNCC2)cc1.Cl.Cl. The molecule has 1 aromatic carbocycles. The van der Waals surface area contributed by atoms with Crippen molar-refractivity contribution in [3.8, 4) is 0 Å². The van der Waals surface area contributed by atoms with E-state index in [-0.39, 0.29) is 30.7 Å². The van der Waals surface area contributed by atoms with Gasteiger partial charge < -0.3 is 10.6 Å². The first-order chi connectivity index (χ1) is 12.1. The smallest absolute Gasteiger partial charge is 0.220 e. The van der Waals surface area contributed by atoms with E-state index in [0.29, 0.717) is 24.8 Å². The van der Waals surface area contributed by atoms with Gasteiger partial charge in [-0.3, -0.25) is 9.69 Å². The third kappa shape index (κ3) is 9.29. The molecular formula is C21H37Cl2N3O. The minimum atomic E-state index is 0. The molecule has 0 saturated carbocycles. The number of hydrogen-bond acceptors (Lipinski definition) is 3. The molecule has 1 heterocycles. The van der Waals surface area contributed by atoms with Crippen molar-refractivity contribution in [2.24, 2.45) is 11.8 Å². The molecule has 0 aliphatic carbocycles. The molecule has 6 heteroatoms. The van der Waals surface area contributed by atoms with Gasteiger partial charge in [0.05, 0.1) is 0 Å². The van der Waals surface area contributed by atoms with Crippen molar-refractivity contribution in [1.82, 2.24) is 15.5 Å². The summed E-state index contributed by atoms with van der Waals surface area (Å²) in [6, 6.07) is 8.62. The molecule has 1 aliphatic rings. The van der Waals surface area contributed by atoms with Gasteiger partial charge in [-0.25, -0.2) is 0 Å². The lowest BCUT2D eigenvalue weighted by molar-refractivity contribution is -0.122. The number of halogens is 2. The highest BCUT2D eigenvalue weighted by Crippen LogP contribution is 2.24. The van der Waals surface area contributed by atoms with Crippen LogP contribution >= 0.6 is 24.8 Å². The quantitative estimate of drug-likeness (QED) is 0.637. The average Bonchev–Trinajstić information content (AvgIpc) is 2.66. The van der Waals surface area contributed by atoms with E-state index in [2.05, 4.69) is 60.6 Å². The average molecular weight is 418 g/mol. The normalized spacial score (nSPS) is 15.6. The molecule has 2 rings (SSSR count). The van der Waals surface area contributed by atoms with Crippen LogP contribution in [0.4, 0.5) is 0 Å². The zero-order valence-corrected chi connectivity index (χ0v) is 18.6. The number of nitrogens with one attached hydrogen (secondary N) is 2. The summed E-state index contributed by atoms with van der Waals surface area (Å²) in [7, 11) is 0. The lowest BCUT2D eigenvalue weighted by atomic mass is 9.84. The molecule has 156 valence electrons. The lowest BCUT2D eigenvalue weighted by Gasteiger charge is -2.27. The van der Waals surface area contributed by atoms with Crippen molar-refractivity contribution in [2.45, 2.75) is 53.1 Å². The Hall–Kier alpha value is -0.810. The minimum absolute atomic E-state index is 0. The van der Waals surface area contributed by atoms with Gasteiger partial charge >= 0.3 is 0 Å². The minimum Gasteiger partial charge on any atom is -0.352 e. The second-order valence-corrected chi connectivity index (χ2v) is 7.32. The maximum atomic E-state index is 12.2. The Bertz CT molecular complexity index is 515. The predicted octanol–water partition coefficient (Wildman–Crippen LogP) is 4.01. The number of carbonyl (C=O) groups excluding carboxylic acids is 1.